The maximum Gasteiger partial charge on any atom is 0.343 e. The summed E-state index contributed by atoms with van der Waals surface area (Å²) in [6, 6.07) is 12.6. The van der Waals surface area contributed by atoms with Crippen LogP contribution in [0.25, 0.3) is 0 Å². The van der Waals surface area contributed by atoms with E-state index < -0.39 is 5.97 Å². The van der Waals surface area contributed by atoms with E-state index in [1.807, 2.05) is 25.1 Å². The zero-order valence-electron chi connectivity index (χ0n) is 13.7. The number of carbonyl (C=O) groups excluding carboxylic acids is 2. The van der Waals surface area contributed by atoms with Crippen LogP contribution in [0.5, 0.6) is 5.75 Å². The number of carbonyl (C=O) groups is 2. The van der Waals surface area contributed by atoms with Crippen LogP contribution in [-0.4, -0.2) is 11.8 Å². The summed E-state index contributed by atoms with van der Waals surface area (Å²) in [6.07, 6.45) is 1.36. The van der Waals surface area contributed by atoms with Crippen molar-refractivity contribution >= 4 is 11.8 Å². The van der Waals surface area contributed by atoms with E-state index in [2.05, 4.69) is 13.8 Å². The minimum Gasteiger partial charge on any atom is -0.423 e. The van der Waals surface area contributed by atoms with E-state index in [9.17, 15) is 9.59 Å². The van der Waals surface area contributed by atoms with Crippen molar-refractivity contribution in [2.75, 3.05) is 0 Å². The number of ketones is 1. The number of Topliss-reactive ketones (excluding diaryl/α,β-unsaturated/α-hetero) is 1. The second-order valence-corrected chi connectivity index (χ2v) is 6.77. The summed E-state index contributed by atoms with van der Waals surface area (Å²) in [5.41, 5.74) is 3.14. The molecular formula is C20H20O3. The van der Waals surface area contributed by atoms with Crippen LogP contribution in [0.2, 0.25) is 0 Å². The van der Waals surface area contributed by atoms with Crippen LogP contribution in [0.3, 0.4) is 0 Å². The number of hydrogen-bond donors (Lipinski definition) is 0. The quantitative estimate of drug-likeness (QED) is 0.607. The molecule has 0 N–H and O–H groups in total. The molecule has 3 rings (SSSR count). The normalized spacial score (nSPS) is 15.9. The number of aryl methyl sites for hydroxylation is 1. The van der Waals surface area contributed by atoms with Gasteiger partial charge in [-0.2, -0.15) is 0 Å². The molecule has 1 aliphatic rings. The Hall–Kier alpha value is -2.42. The van der Waals surface area contributed by atoms with Crippen molar-refractivity contribution in [3.63, 3.8) is 0 Å². The first-order chi connectivity index (χ1) is 10.9. The number of benzene rings is 2. The standard InChI is InChI=1S/C20H20O3/c1-13-4-7-15(8-5-13)23-19(22)14-6-9-17-16(12-14)18(21)10-11-20(17,2)3/h4-9,12H,10-11H2,1-3H3. The van der Waals surface area contributed by atoms with E-state index in [0.29, 0.717) is 23.3 Å². The lowest BCUT2D eigenvalue weighted by atomic mass is 9.72. The van der Waals surface area contributed by atoms with Crippen molar-refractivity contribution in [3.8, 4) is 5.75 Å². The van der Waals surface area contributed by atoms with Crippen LogP contribution >= 0.6 is 0 Å². The first kappa shape index (κ1) is 15.5. The zero-order valence-corrected chi connectivity index (χ0v) is 13.7. The van der Waals surface area contributed by atoms with Crippen molar-refractivity contribution in [2.24, 2.45) is 0 Å². The lowest BCUT2D eigenvalue weighted by molar-refractivity contribution is 0.0734. The molecule has 0 fully saturated rings. The number of esters is 1. The van der Waals surface area contributed by atoms with Crippen LogP contribution in [0.1, 0.15) is 58.5 Å². The predicted octanol–water partition coefficient (Wildman–Crippen LogP) is 4.47. The monoisotopic (exact) mass is 308 g/mol. The largest absolute Gasteiger partial charge is 0.423 e. The van der Waals surface area contributed by atoms with Gasteiger partial charge in [-0.05, 0) is 48.6 Å². The van der Waals surface area contributed by atoms with Gasteiger partial charge in [-0.3, -0.25) is 4.79 Å². The minimum absolute atomic E-state index is 0.0391. The van der Waals surface area contributed by atoms with Gasteiger partial charge in [-0.1, -0.05) is 37.6 Å². The van der Waals surface area contributed by atoms with Crippen molar-refractivity contribution in [1.82, 2.24) is 0 Å². The Morgan fingerprint density at radius 1 is 1.09 bits per heavy atom. The van der Waals surface area contributed by atoms with Gasteiger partial charge in [0.05, 0.1) is 5.56 Å². The topological polar surface area (TPSA) is 43.4 Å². The molecule has 0 aromatic heterocycles. The van der Waals surface area contributed by atoms with Crippen LogP contribution < -0.4 is 4.74 Å². The summed E-state index contributed by atoms with van der Waals surface area (Å²) in [6.45, 7) is 6.23. The fraction of sp³-hybridized carbons (Fsp3) is 0.300. The van der Waals surface area contributed by atoms with Gasteiger partial charge in [0.25, 0.3) is 0 Å². The number of rotatable bonds is 2. The van der Waals surface area contributed by atoms with E-state index in [1.54, 1.807) is 24.3 Å². The maximum absolute atomic E-state index is 12.3. The molecule has 0 unspecified atom stereocenters. The summed E-state index contributed by atoms with van der Waals surface area (Å²) in [5.74, 6) is 0.169. The summed E-state index contributed by atoms with van der Waals surface area (Å²) in [5, 5.41) is 0. The van der Waals surface area contributed by atoms with E-state index in [1.165, 1.54) is 0 Å². The molecule has 118 valence electrons. The van der Waals surface area contributed by atoms with Crippen LogP contribution in [0.4, 0.5) is 0 Å². The number of fused-ring (bicyclic) bond motifs is 1. The molecule has 0 radical (unpaired) electrons. The van der Waals surface area contributed by atoms with Gasteiger partial charge >= 0.3 is 5.97 Å². The smallest absolute Gasteiger partial charge is 0.343 e. The van der Waals surface area contributed by atoms with E-state index >= 15 is 0 Å². The van der Waals surface area contributed by atoms with Gasteiger partial charge < -0.3 is 4.74 Å². The maximum atomic E-state index is 12.3. The molecule has 3 heteroatoms. The molecule has 3 nitrogen and oxygen atoms in total. The molecule has 2 aromatic carbocycles. The van der Waals surface area contributed by atoms with Gasteiger partial charge in [0.2, 0.25) is 0 Å². The minimum atomic E-state index is -0.437. The molecule has 0 amide bonds. The second kappa shape index (κ2) is 5.65. The fourth-order valence-corrected chi connectivity index (χ4v) is 2.96. The first-order valence-corrected chi connectivity index (χ1v) is 7.83. The highest BCUT2D eigenvalue weighted by Gasteiger charge is 2.32. The van der Waals surface area contributed by atoms with Crippen molar-refractivity contribution in [2.45, 2.75) is 39.0 Å². The number of ether oxygens (including phenoxy) is 1. The molecular weight excluding hydrogens is 288 g/mol. The Balaban J connectivity index is 1.89. The molecule has 0 heterocycles. The van der Waals surface area contributed by atoms with Crippen molar-refractivity contribution < 1.29 is 14.3 Å². The van der Waals surface area contributed by atoms with Gasteiger partial charge in [0.1, 0.15) is 5.75 Å². The van der Waals surface area contributed by atoms with Crippen LogP contribution in [0, 0.1) is 6.92 Å². The summed E-state index contributed by atoms with van der Waals surface area (Å²) in [7, 11) is 0. The summed E-state index contributed by atoms with van der Waals surface area (Å²) in [4.78, 5) is 24.5. The van der Waals surface area contributed by atoms with Crippen molar-refractivity contribution in [1.29, 1.82) is 0 Å². The first-order valence-electron chi connectivity index (χ1n) is 7.83. The predicted molar refractivity (Wildman–Crippen MR) is 89.2 cm³/mol. The Bertz CT molecular complexity index is 770. The van der Waals surface area contributed by atoms with Crippen LogP contribution in [0.15, 0.2) is 42.5 Å². The zero-order chi connectivity index (χ0) is 16.6. The molecule has 0 bridgehead atoms. The Kier molecular flexibility index (Phi) is 3.80. The number of hydrogen-bond acceptors (Lipinski definition) is 3. The molecule has 0 spiro atoms. The Morgan fingerprint density at radius 2 is 1.78 bits per heavy atom. The highest BCUT2D eigenvalue weighted by Crippen LogP contribution is 2.37. The lowest BCUT2D eigenvalue weighted by Gasteiger charge is -2.31. The van der Waals surface area contributed by atoms with E-state index in [4.69, 9.17) is 4.74 Å². The third kappa shape index (κ3) is 3.04. The van der Waals surface area contributed by atoms with Gasteiger partial charge in [0.15, 0.2) is 5.78 Å². The average molecular weight is 308 g/mol. The molecule has 2 aromatic rings. The molecule has 1 aliphatic carbocycles. The second-order valence-electron chi connectivity index (χ2n) is 6.77. The van der Waals surface area contributed by atoms with Gasteiger partial charge in [-0.15, -0.1) is 0 Å². The summed E-state index contributed by atoms with van der Waals surface area (Å²) >= 11 is 0. The lowest BCUT2D eigenvalue weighted by Crippen LogP contribution is -2.27. The third-order valence-corrected chi connectivity index (χ3v) is 4.49. The van der Waals surface area contributed by atoms with Crippen molar-refractivity contribution in [3.05, 3.63) is 64.7 Å². The van der Waals surface area contributed by atoms with E-state index in [0.717, 1.165) is 17.5 Å². The molecule has 23 heavy (non-hydrogen) atoms. The van der Waals surface area contributed by atoms with Gasteiger partial charge in [0, 0.05) is 12.0 Å². The van der Waals surface area contributed by atoms with Crippen LogP contribution in [-0.2, 0) is 5.41 Å². The SMILES string of the molecule is Cc1ccc(OC(=O)c2ccc3c(c2)C(=O)CCC3(C)C)cc1. The summed E-state index contributed by atoms with van der Waals surface area (Å²) < 4.78 is 5.38. The third-order valence-electron chi connectivity index (χ3n) is 4.49. The Morgan fingerprint density at radius 3 is 2.48 bits per heavy atom. The highest BCUT2D eigenvalue weighted by atomic mass is 16.5. The average Bonchev–Trinajstić information content (AvgIpc) is 2.53. The molecule has 0 aliphatic heterocycles. The highest BCUT2D eigenvalue weighted by molar-refractivity contribution is 6.02. The van der Waals surface area contributed by atoms with E-state index in [-0.39, 0.29) is 11.2 Å². The fourth-order valence-electron chi connectivity index (χ4n) is 2.96. The Labute approximate surface area is 136 Å². The molecule has 0 saturated carbocycles. The van der Waals surface area contributed by atoms with Gasteiger partial charge in [-0.25, -0.2) is 4.79 Å². The molecule has 0 saturated heterocycles. The molecule has 0 atom stereocenters.